The van der Waals surface area contributed by atoms with Crippen LogP contribution in [0.4, 0.5) is 0 Å². The van der Waals surface area contributed by atoms with Gasteiger partial charge >= 0.3 is 0 Å². The van der Waals surface area contributed by atoms with Crippen LogP contribution in [0.2, 0.25) is 0 Å². The van der Waals surface area contributed by atoms with Gasteiger partial charge in [-0.05, 0) is 18.8 Å². The Hall–Kier alpha value is 0.290. The van der Waals surface area contributed by atoms with Crippen molar-refractivity contribution in [1.82, 2.24) is 0 Å². The molecule has 0 unspecified atom stereocenters. The molecule has 0 radical (unpaired) electrons. The summed E-state index contributed by atoms with van der Waals surface area (Å²) in [6, 6.07) is 0. The van der Waals surface area contributed by atoms with Crippen molar-refractivity contribution in [2.24, 2.45) is 11.3 Å². The number of halogens is 2. The van der Waals surface area contributed by atoms with Gasteiger partial charge in [0.2, 0.25) is 0 Å². The minimum atomic E-state index is -0.869. The van der Waals surface area contributed by atoms with E-state index in [9.17, 15) is 4.79 Å². The minimum absolute atomic E-state index is 0.0867. The normalized spacial score (nSPS) is 48.0. The number of hydrogen-bond donors (Lipinski definition) is 0. The maximum absolute atomic E-state index is 12.7. The van der Waals surface area contributed by atoms with Crippen LogP contribution in [0.3, 0.4) is 0 Å². The van der Waals surface area contributed by atoms with Gasteiger partial charge in [-0.2, -0.15) is 0 Å². The van der Waals surface area contributed by atoms with Crippen LogP contribution in [0, 0.1) is 11.3 Å². The quantitative estimate of drug-likeness (QED) is 0.687. The fraction of sp³-hybridized carbons (Fsp3) is 0.786. The number of carbonyl (C=O) groups excluding carboxylic acids is 1. The summed E-state index contributed by atoms with van der Waals surface area (Å²) in [6.45, 7) is 2.20. The number of Topliss-reactive ketones (excluding diaryl/α,β-unsaturated/α-hetero) is 1. The Kier molecular flexibility index (Phi) is 3.29. The summed E-state index contributed by atoms with van der Waals surface area (Å²) >= 11 is 6.92. The minimum Gasteiger partial charge on any atom is -0.353 e. The molecule has 4 bridgehead atoms. The van der Waals surface area contributed by atoms with Gasteiger partial charge in [0.1, 0.15) is 0 Å². The van der Waals surface area contributed by atoms with E-state index in [0.717, 1.165) is 30.2 Å². The standard InChI is InChI=1S/C14H18Br2O3/c1-12-5-6-13(18-2)7-9(12)3-4-10(16)14(12,19-13)11(17)8-15/h4,9H,3,5-8H2,1-2H3/t9-,12+,13-,14+/m1/s1. The average molecular weight is 394 g/mol. The highest BCUT2D eigenvalue weighted by molar-refractivity contribution is 9.11. The van der Waals surface area contributed by atoms with Gasteiger partial charge in [0.25, 0.3) is 0 Å². The molecular formula is C14H18Br2O3. The lowest BCUT2D eigenvalue weighted by atomic mass is 9.51. The van der Waals surface area contributed by atoms with Crippen LogP contribution in [0.25, 0.3) is 0 Å². The van der Waals surface area contributed by atoms with Gasteiger partial charge in [0.05, 0.1) is 5.33 Å². The molecule has 2 aliphatic carbocycles. The fourth-order valence-corrected chi connectivity index (χ4v) is 5.53. The van der Waals surface area contributed by atoms with Crippen LogP contribution in [-0.4, -0.2) is 29.6 Å². The van der Waals surface area contributed by atoms with Crippen molar-refractivity contribution in [2.75, 3.05) is 12.4 Å². The molecule has 0 aromatic heterocycles. The Morgan fingerprint density at radius 2 is 2.32 bits per heavy atom. The van der Waals surface area contributed by atoms with Crippen LogP contribution in [0.15, 0.2) is 10.6 Å². The van der Waals surface area contributed by atoms with Crippen LogP contribution in [-0.2, 0) is 14.3 Å². The molecule has 4 rings (SSSR count). The zero-order valence-corrected chi connectivity index (χ0v) is 14.3. The Balaban J connectivity index is 2.19. The monoisotopic (exact) mass is 392 g/mol. The third kappa shape index (κ3) is 1.59. The number of ketones is 1. The first-order valence-corrected chi connectivity index (χ1v) is 8.56. The number of fused-ring (bicyclic) bond motifs is 1. The first kappa shape index (κ1) is 14.2. The predicted molar refractivity (Wildman–Crippen MR) is 79.4 cm³/mol. The van der Waals surface area contributed by atoms with Gasteiger partial charge in [-0.1, -0.05) is 44.9 Å². The van der Waals surface area contributed by atoms with E-state index in [2.05, 4.69) is 44.9 Å². The molecule has 106 valence electrons. The van der Waals surface area contributed by atoms with Crippen molar-refractivity contribution in [1.29, 1.82) is 0 Å². The molecule has 0 aromatic carbocycles. The zero-order valence-electron chi connectivity index (χ0n) is 11.2. The van der Waals surface area contributed by atoms with Crippen LogP contribution >= 0.6 is 31.9 Å². The fourth-order valence-electron chi connectivity index (χ4n) is 4.19. The van der Waals surface area contributed by atoms with E-state index in [1.54, 1.807) is 7.11 Å². The topological polar surface area (TPSA) is 35.5 Å². The molecule has 0 spiro atoms. The second kappa shape index (κ2) is 4.39. The molecule has 19 heavy (non-hydrogen) atoms. The van der Waals surface area contributed by atoms with E-state index in [4.69, 9.17) is 9.47 Å². The maximum atomic E-state index is 12.7. The molecule has 3 fully saturated rings. The summed E-state index contributed by atoms with van der Waals surface area (Å²) in [4.78, 5) is 12.7. The SMILES string of the molecule is CO[C@]12CC[C@@]3(C)[C@H](CC=C(Br)[C@@]3(C(=O)CBr)O1)C2. The average Bonchev–Trinajstić information content (AvgIpc) is 2.42. The van der Waals surface area contributed by atoms with Gasteiger partial charge in [0, 0.05) is 29.8 Å². The van der Waals surface area contributed by atoms with Crippen molar-refractivity contribution in [3.05, 3.63) is 10.6 Å². The van der Waals surface area contributed by atoms with Crippen LogP contribution < -0.4 is 0 Å². The van der Waals surface area contributed by atoms with Gasteiger partial charge in [-0.3, -0.25) is 4.79 Å². The van der Waals surface area contributed by atoms with E-state index in [-0.39, 0.29) is 11.2 Å². The van der Waals surface area contributed by atoms with E-state index < -0.39 is 11.4 Å². The number of methoxy groups -OCH3 is 1. The molecule has 5 heteroatoms. The molecule has 2 aliphatic heterocycles. The van der Waals surface area contributed by atoms with Crippen molar-refractivity contribution in [3.63, 3.8) is 0 Å². The highest BCUT2D eigenvalue weighted by atomic mass is 79.9. The first-order chi connectivity index (χ1) is 8.94. The molecule has 3 nitrogen and oxygen atoms in total. The summed E-state index contributed by atoms with van der Waals surface area (Å²) in [5.74, 6) is -0.0593. The smallest absolute Gasteiger partial charge is 0.180 e. The third-order valence-corrected chi connectivity index (χ3v) is 6.82. The van der Waals surface area contributed by atoms with Crippen molar-refractivity contribution in [2.45, 2.75) is 44.0 Å². The summed E-state index contributed by atoms with van der Waals surface area (Å²) < 4.78 is 12.9. The molecule has 4 atom stereocenters. The Morgan fingerprint density at radius 3 is 2.95 bits per heavy atom. The summed E-state index contributed by atoms with van der Waals surface area (Å²) in [6.07, 6.45) is 5.82. The molecule has 2 saturated heterocycles. The van der Waals surface area contributed by atoms with Crippen molar-refractivity contribution >= 4 is 37.6 Å². The molecule has 4 aliphatic rings. The number of carbonyl (C=O) groups is 1. The second-order valence-electron chi connectivity index (χ2n) is 6.06. The predicted octanol–water partition coefficient (Wildman–Crippen LogP) is 3.55. The van der Waals surface area contributed by atoms with Crippen molar-refractivity contribution in [3.8, 4) is 0 Å². The van der Waals surface area contributed by atoms with Crippen LogP contribution in [0.1, 0.15) is 32.6 Å². The van der Waals surface area contributed by atoms with E-state index in [1.165, 1.54) is 0 Å². The Bertz CT molecular complexity index is 464. The lowest BCUT2D eigenvalue weighted by Gasteiger charge is -2.66. The van der Waals surface area contributed by atoms with Gasteiger partial charge in [0.15, 0.2) is 17.2 Å². The third-order valence-electron chi connectivity index (χ3n) is 5.43. The maximum Gasteiger partial charge on any atom is 0.180 e. The first-order valence-electron chi connectivity index (χ1n) is 6.65. The number of rotatable bonds is 3. The number of alkyl halides is 1. The van der Waals surface area contributed by atoms with E-state index >= 15 is 0 Å². The summed E-state index contributed by atoms with van der Waals surface area (Å²) in [5, 5.41) is 0.304. The van der Waals surface area contributed by atoms with E-state index in [1.807, 2.05) is 0 Å². The van der Waals surface area contributed by atoms with E-state index in [0.29, 0.717) is 11.2 Å². The second-order valence-corrected chi connectivity index (χ2v) is 7.48. The number of hydrogen-bond acceptors (Lipinski definition) is 3. The van der Waals surface area contributed by atoms with Gasteiger partial charge < -0.3 is 9.47 Å². The van der Waals surface area contributed by atoms with Gasteiger partial charge in [-0.15, -0.1) is 0 Å². The van der Waals surface area contributed by atoms with Gasteiger partial charge in [-0.25, -0.2) is 0 Å². The highest BCUT2D eigenvalue weighted by Crippen LogP contribution is 2.66. The Labute approximate surface area is 130 Å². The zero-order chi connectivity index (χ0) is 13.9. The summed E-state index contributed by atoms with van der Waals surface area (Å²) in [5.41, 5.74) is -1.00. The molecule has 1 saturated carbocycles. The highest BCUT2D eigenvalue weighted by Gasteiger charge is 2.70. The van der Waals surface area contributed by atoms with Crippen LogP contribution in [0.5, 0.6) is 0 Å². The molecule has 2 heterocycles. The lowest BCUT2D eigenvalue weighted by molar-refractivity contribution is -0.364. The van der Waals surface area contributed by atoms with Crippen molar-refractivity contribution < 1.29 is 14.3 Å². The molecular weight excluding hydrogens is 376 g/mol. The summed E-state index contributed by atoms with van der Waals surface area (Å²) in [7, 11) is 1.69. The molecule has 0 aromatic rings. The number of allylic oxidation sites excluding steroid dienone is 1. The largest absolute Gasteiger partial charge is 0.353 e. The lowest BCUT2D eigenvalue weighted by Crippen LogP contribution is -2.72. The number of ether oxygens (including phenoxy) is 2. The molecule has 0 amide bonds. The molecule has 0 N–H and O–H groups in total. The Morgan fingerprint density at radius 1 is 1.58 bits per heavy atom.